The van der Waals surface area contributed by atoms with Gasteiger partial charge in [-0.2, -0.15) is 0 Å². The van der Waals surface area contributed by atoms with Gasteiger partial charge in [0.05, 0.1) is 24.5 Å². The molecule has 2 aromatic rings. The molecule has 2 heterocycles. The summed E-state index contributed by atoms with van der Waals surface area (Å²) in [4.78, 5) is 30.3. The molecule has 0 saturated carbocycles. The van der Waals surface area contributed by atoms with Crippen molar-refractivity contribution >= 4 is 12.0 Å². The highest BCUT2D eigenvalue weighted by molar-refractivity contribution is 5.94. The zero-order valence-electron chi connectivity index (χ0n) is 15.3. The van der Waals surface area contributed by atoms with Crippen molar-refractivity contribution in [2.75, 3.05) is 6.61 Å². The Morgan fingerprint density at radius 3 is 2.81 bits per heavy atom. The van der Waals surface area contributed by atoms with Crippen molar-refractivity contribution in [1.82, 2.24) is 14.5 Å². The van der Waals surface area contributed by atoms with Gasteiger partial charge in [0.15, 0.2) is 0 Å². The van der Waals surface area contributed by atoms with Gasteiger partial charge in [-0.3, -0.25) is 4.79 Å². The highest BCUT2D eigenvalue weighted by atomic mass is 16.6. The van der Waals surface area contributed by atoms with Crippen LogP contribution in [-0.2, 0) is 28.9 Å². The van der Waals surface area contributed by atoms with Crippen molar-refractivity contribution in [1.29, 1.82) is 0 Å². The number of imidazole rings is 1. The number of cyclic esters (lactones) is 1. The molecule has 6 heteroatoms. The van der Waals surface area contributed by atoms with E-state index >= 15 is 0 Å². The van der Waals surface area contributed by atoms with E-state index in [4.69, 9.17) is 4.74 Å². The Bertz CT molecular complexity index is 755. The van der Waals surface area contributed by atoms with E-state index in [1.165, 1.54) is 4.90 Å². The maximum Gasteiger partial charge on any atom is 0.416 e. The van der Waals surface area contributed by atoms with Crippen molar-refractivity contribution in [3.05, 3.63) is 54.1 Å². The standard InChI is InChI=1S/C20H25N3O3/c1-15(2)8-9-22-12-17(21-14-22)11-19(24)23-18(13-26-20(23)25)10-16-6-4-3-5-7-16/h3-7,12,14-15,18H,8-11,13H2,1-2H3/t18-/m1/s1. The molecule has 1 aliphatic heterocycles. The smallest absolute Gasteiger partial charge is 0.416 e. The number of rotatable bonds is 7. The predicted molar refractivity (Wildman–Crippen MR) is 97.5 cm³/mol. The van der Waals surface area contributed by atoms with Crippen molar-refractivity contribution in [3.63, 3.8) is 0 Å². The van der Waals surface area contributed by atoms with Crippen LogP contribution in [0.25, 0.3) is 0 Å². The van der Waals surface area contributed by atoms with Crippen molar-refractivity contribution < 1.29 is 14.3 Å². The van der Waals surface area contributed by atoms with E-state index in [0.29, 0.717) is 18.0 Å². The van der Waals surface area contributed by atoms with Gasteiger partial charge in [-0.15, -0.1) is 0 Å². The molecule has 0 bridgehead atoms. The first-order chi connectivity index (χ1) is 12.5. The summed E-state index contributed by atoms with van der Waals surface area (Å²) in [7, 11) is 0. The topological polar surface area (TPSA) is 64.4 Å². The SMILES string of the molecule is CC(C)CCn1cnc(CC(=O)N2C(=O)OC[C@H]2Cc2ccccc2)c1. The van der Waals surface area contributed by atoms with E-state index in [1.54, 1.807) is 6.33 Å². The summed E-state index contributed by atoms with van der Waals surface area (Å²) in [6.07, 6.45) is 4.83. The number of hydrogen-bond donors (Lipinski definition) is 0. The molecule has 6 nitrogen and oxygen atoms in total. The van der Waals surface area contributed by atoms with Crippen LogP contribution < -0.4 is 0 Å². The number of amides is 2. The highest BCUT2D eigenvalue weighted by Gasteiger charge is 2.37. The van der Waals surface area contributed by atoms with Gasteiger partial charge in [0, 0.05) is 12.7 Å². The number of carbonyl (C=O) groups is 2. The first kappa shape index (κ1) is 18.2. The summed E-state index contributed by atoms with van der Waals surface area (Å²) in [6, 6.07) is 9.55. The average molecular weight is 355 g/mol. The molecule has 2 amide bonds. The van der Waals surface area contributed by atoms with Gasteiger partial charge in [-0.05, 0) is 24.3 Å². The molecule has 0 spiro atoms. The van der Waals surface area contributed by atoms with Crippen molar-refractivity contribution in [2.45, 2.75) is 45.7 Å². The number of aryl methyl sites for hydroxylation is 1. The van der Waals surface area contributed by atoms with E-state index in [9.17, 15) is 9.59 Å². The van der Waals surface area contributed by atoms with Crippen LogP contribution in [-0.4, -0.2) is 39.1 Å². The van der Waals surface area contributed by atoms with Crippen molar-refractivity contribution in [2.24, 2.45) is 5.92 Å². The number of nitrogens with zero attached hydrogens (tertiary/aromatic N) is 3. The van der Waals surface area contributed by atoms with Crippen LogP contribution in [0.1, 0.15) is 31.5 Å². The lowest BCUT2D eigenvalue weighted by Crippen LogP contribution is -2.41. The van der Waals surface area contributed by atoms with E-state index < -0.39 is 6.09 Å². The number of carbonyl (C=O) groups excluding carboxylic acids is 2. The molecule has 1 atom stereocenters. The molecule has 26 heavy (non-hydrogen) atoms. The second kappa shape index (κ2) is 8.17. The van der Waals surface area contributed by atoms with Crippen LogP contribution in [0.3, 0.4) is 0 Å². The predicted octanol–water partition coefficient (Wildman–Crippen LogP) is 3.06. The van der Waals surface area contributed by atoms with E-state index in [2.05, 4.69) is 18.8 Å². The number of hydrogen-bond acceptors (Lipinski definition) is 4. The zero-order valence-corrected chi connectivity index (χ0v) is 15.3. The number of imide groups is 1. The second-order valence-corrected chi connectivity index (χ2v) is 7.15. The molecule has 1 aromatic carbocycles. The lowest BCUT2D eigenvalue weighted by atomic mass is 10.1. The molecule has 0 unspecified atom stereocenters. The Hall–Kier alpha value is -2.63. The average Bonchev–Trinajstić information content (AvgIpc) is 3.20. The third-order valence-corrected chi connectivity index (χ3v) is 4.53. The summed E-state index contributed by atoms with van der Waals surface area (Å²) in [5.41, 5.74) is 1.75. The molecule has 1 fully saturated rings. The van der Waals surface area contributed by atoms with Crippen LogP contribution in [0.4, 0.5) is 4.79 Å². The minimum Gasteiger partial charge on any atom is -0.447 e. The van der Waals surface area contributed by atoms with Gasteiger partial charge in [0.25, 0.3) is 0 Å². The Morgan fingerprint density at radius 2 is 2.08 bits per heavy atom. The van der Waals surface area contributed by atoms with E-state index in [-0.39, 0.29) is 25.0 Å². The van der Waals surface area contributed by atoms with Gasteiger partial charge in [-0.1, -0.05) is 44.2 Å². The largest absolute Gasteiger partial charge is 0.447 e. The minimum atomic E-state index is -0.560. The van der Waals surface area contributed by atoms with Gasteiger partial charge < -0.3 is 9.30 Å². The Labute approximate surface area is 153 Å². The van der Waals surface area contributed by atoms with E-state index in [1.807, 2.05) is 41.1 Å². The summed E-state index contributed by atoms with van der Waals surface area (Å²) < 4.78 is 7.11. The summed E-state index contributed by atoms with van der Waals surface area (Å²) in [5, 5.41) is 0. The molecule has 1 aromatic heterocycles. The third kappa shape index (κ3) is 4.50. The first-order valence-corrected chi connectivity index (χ1v) is 9.06. The third-order valence-electron chi connectivity index (χ3n) is 4.53. The summed E-state index contributed by atoms with van der Waals surface area (Å²) in [6.45, 7) is 5.46. The molecular formula is C20H25N3O3. The van der Waals surface area contributed by atoms with Crippen LogP contribution in [0.2, 0.25) is 0 Å². The minimum absolute atomic E-state index is 0.106. The fourth-order valence-corrected chi connectivity index (χ4v) is 3.07. The molecule has 3 rings (SSSR count). The maximum atomic E-state index is 12.7. The molecule has 0 aliphatic carbocycles. The van der Waals surface area contributed by atoms with Crippen LogP contribution in [0.15, 0.2) is 42.9 Å². The number of benzene rings is 1. The molecule has 1 saturated heterocycles. The zero-order chi connectivity index (χ0) is 18.5. The monoisotopic (exact) mass is 355 g/mol. The first-order valence-electron chi connectivity index (χ1n) is 9.06. The Morgan fingerprint density at radius 1 is 1.31 bits per heavy atom. The molecule has 138 valence electrons. The van der Waals surface area contributed by atoms with E-state index in [0.717, 1.165) is 18.5 Å². The van der Waals surface area contributed by atoms with Crippen molar-refractivity contribution in [3.8, 4) is 0 Å². The van der Waals surface area contributed by atoms with Crippen LogP contribution in [0, 0.1) is 5.92 Å². The fraction of sp³-hybridized carbons (Fsp3) is 0.450. The van der Waals surface area contributed by atoms with Gasteiger partial charge >= 0.3 is 6.09 Å². The second-order valence-electron chi connectivity index (χ2n) is 7.15. The fourth-order valence-electron chi connectivity index (χ4n) is 3.07. The lowest BCUT2D eigenvalue weighted by molar-refractivity contribution is -0.128. The number of ether oxygens (including phenoxy) is 1. The highest BCUT2D eigenvalue weighted by Crippen LogP contribution is 2.18. The Balaban J connectivity index is 1.62. The molecule has 1 aliphatic rings. The summed E-state index contributed by atoms with van der Waals surface area (Å²) in [5.74, 6) is 0.350. The van der Waals surface area contributed by atoms with Gasteiger partial charge in [0.1, 0.15) is 6.61 Å². The van der Waals surface area contributed by atoms with Gasteiger partial charge in [0.2, 0.25) is 5.91 Å². The molecular weight excluding hydrogens is 330 g/mol. The Kier molecular flexibility index (Phi) is 5.71. The quantitative estimate of drug-likeness (QED) is 0.766. The molecule has 0 radical (unpaired) electrons. The molecule has 0 N–H and O–H groups in total. The van der Waals surface area contributed by atoms with Crippen LogP contribution in [0.5, 0.6) is 0 Å². The lowest BCUT2D eigenvalue weighted by Gasteiger charge is -2.19. The van der Waals surface area contributed by atoms with Gasteiger partial charge in [-0.25, -0.2) is 14.7 Å². The normalized spacial score (nSPS) is 17.0. The summed E-state index contributed by atoms with van der Waals surface area (Å²) >= 11 is 0. The number of aromatic nitrogens is 2. The maximum absolute atomic E-state index is 12.7. The van der Waals surface area contributed by atoms with Crippen LogP contribution >= 0.6 is 0 Å².